The molecule has 7 heteroatoms. The molecule has 1 saturated carbocycles. The second-order valence-corrected chi connectivity index (χ2v) is 5.52. The number of carbonyl (C=O) groups is 1. The summed E-state index contributed by atoms with van der Waals surface area (Å²) in [5.41, 5.74) is 1.27. The van der Waals surface area contributed by atoms with Gasteiger partial charge in [-0.15, -0.1) is 16.4 Å². The zero-order valence-electron chi connectivity index (χ0n) is 10.6. The summed E-state index contributed by atoms with van der Waals surface area (Å²) < 4.78 is 4.85. The largest absolute Gasteiger partial charge is 0.466 e. The minimum absolute atomic E-state index is 0.0170. The highest BCUT2D eigenvalue weighted by Gasteiger charge is 2.45. The number of amides is 1. The maximum absolute atomic E-state index is 12.1. The number of aromatic nitrogens is 3. The van der Waals surface area contributed by atoms with Crippen molar-refractivity contribution in [3.05, 3.63) is 21.9 Å². The monoisotopic (exact) mass is 278 g/mol. The maximum atomic E-state index is 12.1. The molecule has 0 saturated heterocycles. The molecule has 19 heavy (non-hydrogen) atoms. The Balaban J connectivity index is 1.62. The van der Waals surface area contributed by atoms with Gasteiger partial charge in [0, 0.05) is 16.7 Å². The number of methoxy groups -OCH3 is 1. The number of thiophene rings is 1. The summed E-state index contributed by atoms with van der Waals surface area (Å²) in [6, 6.07) is 2.31. The van der Waals surface area contributed by atoms with Crippen molar-refractivity contribution in [1.82, 2.24) is 15.2 Å². The smallest absolute Gasteiger partial charge is 0.336 e. The van der Waals surface area contributed by atoms with Crippen LogP contribution in [0.3, 0.4) is 0 Å². The molecule has 0 aromatic carbocycles. The van der Waals surface area contributed by atoms with Crippen LogP contribution in [-0.2, 0) is 4.79 Å². The zero-order chi connectivity index (χ0) is 13.4. The van der Waals surface area contributed by atoms with Crippen molar-refractivity contribution in [3.63, 3.8) is 0 Å². The number of nitrogens with zero attached hydrogens (tertiary/aromatic N) is 2. The highest BCUT2D eigenvalue weighted by molar-refractivity contribution is 7.10. The Hall–Kier alpha value is -1.89. The summed E-state index contributed by atoms with van der Waals surface area (Å²) in [4.78, 5) is 17.3. The number of aryl methyl sites for hydroxylation is 1. The summed E-state index contributed by atoms with van der Waals surface area (Å²) in [5.74, 6) is 0.699. The first-order valence-corrected chi connectivity index (χ1v) is 6.88. The predicted octanol–water partition coefficient (Wildman–Crippen LogP) is 1.93. The molecule has 2 atom stereocenters. The molecular weight excluding hydrogens is 264 g/mol. The lowest BCUT2D eigenvalue weighted by atomic mass is 10.2. The molecule has 3 rings (SSSR count). The molecule has 0 unspecified atom stereocenters. The topological polar surface area (TPSA) is 79.9 Å². The SMILES string of the molecule is COc1n[nH]c(NC(=O)[C@@H]2C[C@H]2c2sccc2C)n1. The number of carbonyl (C=O) groups excluding carboxylic acids is 1. The van der Waals surface area contributed by atoms with Crippen molar-refractivity contribution in [2.45, 2.75) is 19.3 Å². The number of hydrogen-bond donors (Lipinski definition) is 2. The van der Waals surface area contributed by atoms with E-state index < -0.39 is 0 Å². The molecule has 2 aromatic heterocycles. The van der Waals surface area contributed by atoms with E-state index in [2.05, 4.69) is 38.9 Å². The Morgan fingerprint density at radius 2 is 2.47 bits per heavy atom. The van der Waals surface area contributed by atoms with Crippen molar-refractivity contribution >= 4 is 23.2 Å². The number of hydrogen-bond acceptors (Lipinski definition) is 5. The van der Waals surface area contributed by atoms with Gasteiger partial charge < -0.3 is 4.74 Å². The van der Waals surface area contributed by atoms with E-state index in [-0.39, 0.29) is 17.8 Å². The molecule has 2 heterocycles. The molecule has 0 aliphatic heterocycles. The quantitative estimate of drug-likeness (QED) is 0.895. The molecule has 2 N–H and O–H groups in total. The van der Waals surface area contributed by atoms with Crippen LogP contribution in [0.15, 0.2) is 11.4 Å². The van der Waals surface area contributed by atoms with E-state index in [0.717, 1.165) is 6.42 Å². The highest BCUT2D eigenvalue weighted by Crippen LogP contribution is 2.50. The fraction of sp³-hybridized carbons (Fsp3) is 0.417. The molecule has 2 aromatic rings. The zero-order valence-corrected chi connectivity index (χ0v) is 11.5. The van der Waals surface area contributed by atoms with Crippen LogP contribution in [0.4, 0.5) is 5.95 Å². The van der Waals surface area contributed by atoms with E-state index in [9.17, 15) is 4.79 Å². The molecule has 1 fully saturated rings. The van der Waals surface area contributed by atoms with Crippen LogP contribution >= 0.6 is 11.3 Å². The minimum atomic E-state index is -0.0170. The number of aromatic amines is 1. The lowest BCUT2D eigenvalue weighted by Crippen LogP contribution is -2.15. The molecular formula is C12H14N4O2S. The molecule has 100 valence electrons. The van der Waals surface area contributed by atoms with Gasteiger partial charge in [0.15, 0.2) is 0 Å². The molecule has 1 amide bonds. The van der Waals surface area contributed by atoms with Crippen LogP contribution in [-0.4, -0.2) is 28.2 Å². The fourth-order valence-electron chi connectivity index (χ4n) is 2.14. The number of anilines is 1. The third kappa shape index (κ3) is 2.33. The van der Waals surface area contributed by atoms with Crippen molar-refractivity contribution in [2.75, 3.05) is 12.4 Å². The first-order valence-electron chi connectivity index (χ1n) is 6.00. The Kier molecular flexibility index (Phi) is 2.98. The van der Waals surface area contributed by atoms with Crippen LogP contribution in [0.1, 0.15) is 22.8 Å². The van der Waals surface area contributed by atoms with Crippen LogP contribution in [0, 0.1) is 12.8 Å². The number of rotatable bonds is 4. The standard InChI is InChI=1S/C12H14N4O2S/c1-6-3-4-19-9(6)7-5-8(7)10(17)13-11-14-12(18-2)16-15-11/h3-4,7-8H,5H2,1-2H3,(H2,13,14,15,16,17)/t7-,8-/m1/s1. The van der Waals surface area contributed by atoms with Crippen LogP contribution < -0.4 is 10.1 Å². The van der Waals surface area contributed by atoms with Crippen molar-refractivity contribution in [1.29, 1.82) is 0 Å². The van der Waals surface area contributed by atoms with Crippen LogP contribution in [0.5, 0.6) is 6.01 Å². The number of ether oxygens (including phenoxy) is 1. The lowest BCUT2D eigenvalue weighted by molar-refractivity contribution is -0.117. The highest BCUT2D eigenvalue weighted by atomic mass is 32.1. The Labute approximate surface area is 114 Å². The van der Waals surface area contributed by atoms with Gasteiger partial charge >= 0.3 is 6.01 Å². The lowest BCUT2D eigenvalue weighted by Gasteiger charge is -2.00. The molecule has 1 aliphatic rings. The van der Waals surface area contributed by atoms with Gasteiger partial charge in [0.05, 0.1) is 7.11 Å². The van der Waals surface area contributed by atoms with E-state index in [4.69, 9.17) is 4.74 Å². The van der Waals surface area contributed by atoms with E-state index >= 15 is 0 Å². The maximum Gasteiger partial charge on any atom is 0.336 e. The van der Waals surface area contributed by atoms with Crippen LogP contribution in [0.25, 0.3) is 0 Å². The van der Waals surface area contributed by atoms with Crippen molar-refractivity contribution in [2.24, 2.45) is 5.92 Å². The van der Waals surface area contributed by atoms with Gasteiger partial charge in [0.2, 0.25) is 11.9 Å². The minimum Gasteiger partial charge on any atom is -0.466 e. The van der Waals surface area contributed by atoms with E-state index in [1.54, 1.807) is 11.3 Å². The summed E-state index contributed by atoms with van der Waals surface area (Å²) in [6.45, 7) is 2.08. The third-order valence-corrected chi connectivity index (χ3v) is 4.41. The molecule has 6 nitrogen and oxygen atoms in total. The second kappa shape index (κ2) is 4.65. The Morgan fingerprint density at radius 3 is 3.11 bits per heavy atom. The van der Waals surface area contributed by atoms with E-state index in [1.807, 2.05) is 0 Å². The van der Waals surface area contributed by atoms with Gasteiger partial charge in [-0.3, -0.25) is 10.1 Å². The second-order valence-electron chi connectivity index (χ2n) is 4.58. The molecule has 0 spiro atoms. The fourth-order valence-corrected chi connectivity index (χ4v) is 3.25. The summed E-state index contributed by atoms with van der Waals surface area (Å²) in [6.07, 6.45) is 0.901. The van der Waals surface area contributed by atoms with E-state index in [0.29, 0.717) is 11.9 Å². The summed E-state index contributed by atoms with van der Waals surface area (Å²) >= 11 is 1.72. The first kappa shape index (κ1) is 12.2. The van der Waals surface area contributed by atoms with Gasteiger partial charge in [-0.2, -0.15) is 4.98 Å². The molecule has 1 aliphatic carbocycles. The van der Waals surface area contributed by atoms with Gasteiger partial charge in [0.25, 0.3) is 0 Å². The average Bonchev–Trinajstić information content (AvgIpc) is 2.86. The number of H-pyrrole nitrogens is 1. The average molecular weight is 278 g/mol. The van der Waals surface area contributed by atoms with Gasteiger partial charge in [0.1, 0.15) is 0 Å². The molecule has 0 bridgehead atoms. The Bertz CT molecular complexity index is 606. The summed E-state index contributed by atoms with van der Waals surface area (Å²) in [7, 11) is 1.48. The van der Waals surface area contributed by atoms with Crippen molar-refractivity contribution < 1.29 is 9.53 Å². The van der Waals surface area contributed by atoms with E-state index in [1.165, 1.54) is 17.6 Å². The van der Waals surface area contributed by atoms with Gasteiger partial charge in [-0.05, 0) is 30.4 Å². The van der Waals surface area contributed by atoms with Crippen LogP contribution in [0.2, 0.25) is 0 Å². The molecule has 0 radical (unpaired) electrons. The van der Waals surface area contributed by atoms with Crippen molar-refractivity contribution in [3.8, 4) is 6.01 Å². The first-order chi connectivity index (χ1) is 9.19. The van der Waals surface area contributed by atoms with Gasteiger partial charge in [-0.1, -0.05) is 0 Å². The summed E-state index contributed by atoms with van der Waals surface area (Å²) in [5, 5.41) is 11.2. The van der Waals surface area contributed by atoms with Gasteiger partial charge in [-0.25, -0.2) is 5.10 Å². The Morgan fingerprint density at radius 1 is 1.63 bits per heavy atom. The number of nitrogens with one attached hydrogen (secondary N) is 2. The third-order valence-electron chi connectivity index (χ3n) is 3.25. The predicted molar refractivity (Wildman–Crippen MR) is 71.5 cm³/mol. The normalized spacial score (nSPS) is 21.2.